The monoisotopic (exact) mass is 254 g/mol. The molecular weight excluding hydrogens is 243 g/mol. The summed E-state index contributed by atoms with van der Waals surface area (Å²) in [6.45, 7) is 0.258. The molecule has 0 fully saturated rings. The first-order chi connectivity index (χ1) is 8.26. The molecule has 1 atom stereocenters. The van der Waals surface area contributed by atoms with E-state index in [1.807, 2.05) is 6.07 Å². The molecule has 17 heavy (non-hydrogen) atoms. The highest BCUT2D eigenvalue weighted by Gasteiger charge is 2.31. The second kappa shape index (κ2) is 5.25. The number of fused-ring (bicyclic) bond motifs is 1. The average Bonchev–Trinajstić information content (AvgIpc) is 2.37. The molecular formula is C10H11N2O4P. The van der Waals surface area contributed by atoms with Crippen molar-refractivity contribution in [1.82, 2.24) is 5.01 Å². The second-order valence-electron chi connectivity index (χ2n) is 3.42. The smallest absolute Gasteiger partial charge is 0.542 e. The maximum Gasteiger partial charge on any atom is 0.542 e. The van der Waals surface area contributed by atoms with Crippen molar-refractivity contribution >= 4 is 19.0 Å². The van der Waals surface area contributed by atoms with Crippen molar-refractivity contribution in [3.8, 4) is 0 Å². The van der Waals surface area contributed by atoms with Crippen molar-refractivity contribution in [1.29, 1.82) is 0 Å². The van der Waals surface area contributed by atoms with Crippen LogP contribution in [0.1, 0.15) is 5.56 Å². The third-order valence-corrected chi connectivity index (χ3v) is 3.24. The molecule has 1 aromatic rings. The van der Waals surface area contributed by atoms with Gasteiger partial charge in [0.05, 0.1) is 30.6 Å². The molecule has 2 rings (SSSR count). The molecule has 2 N–H and O–H groups in total. The zero-order valence-electron chi connectivity index (χ0n) is 8.87. The Labute approximate surface area is 98.9 Å². The van der Waals surface area contributed by atoms with Crippen LogP contribution in [0, 0.1) is 0 Å². The standard InChI is InChI=1S/C10H11N2O4P/c13-6-5-12-7-10(17(15)16-14)8-3-1-2-4-9(8)11-12/h1-4,7,11,13H,5-6H2. The molecule has 0 amide bonds. The van der Waals surface area contributed by atoms with Gasteiger partial charge in [-0.2, -0.15) is 4.67 Å². The highest BCUT2D eigenvalue weighted by Crippen LogP contribution is 2.44. The Bertz CT molecular complexity index is 463. The minimum absolute atomic E-state index is 0.0615. The molecule has 1 aromatic carbocycles. The van der Waals surface area contributed by atoms with Crippen molar-refractivity contribution in [3.05, 3.63) is 36.0 Å². The first-order valence-electron chi connectivity index (χ1n) is 4.99. The zero-order chi connectivity index (χ0) is 12.3. The van der Waals surface area contributed by atoms with Crippen molar-refractivity contribution < 1.29 is 19.6 Å². The van der Waals surface area contributed by atoms with Gasteiger partial charge in [0.2, 0.25) is 0 Å². The molecule has 0 bridgehead atoms. The number of nitrogens with one attached hydrogen (secondary N) is 1. The lowest BCUT2D eigenvalue weighted by Crippen LogP contribution is -2.30. The third-order valence-electron chi connectivity index (χ3n) is 2.35. The molecule has 6 nitrogen and oxygen atoms in total. The minimum Gasteiger partial charge on any atom is -0.674 e. The summed E-state index contributed by atoms with van der Waals surface area (Å²) < 4.78 is 15.2. The molecule has 1 heterocycles. The summed E-state index contributed by atoms with van der Waals surface area (Å²) in [5.41, 5.74) is 4.40. The van der Waals surface area contributed by atoms with Gasteiger partial charge >= 0.3 is 8.03 Å². The van der Waals surface area contributed by atoms with Gasteiger partial charge in [-0.05, 0) is 16.7 Å². The van der Waals surface area contributed by atoms with Crippen LogP contribution in [0.5, 0.6) is 0 Å². The van der Waals surface area contributed by atoms with Crippen LogP contribution in [0.2, 0.25) is 0 Å². The molecule has 0 saturated heterocycles. The summed E-state index contributed by atoms with van der Waals surface area (Å²) in [7, 11) is -2.43. The molecule has 90 valence electrons. The number of nitrogens with zero attached hydrogens (tertiary/aromatic N) is 1. The van der Waals surface area contributed by atoms with Gasteiger partial charge < -0.3 is 10.4 Å². The van der Waals surface area contributed by atoms with E-state index in [1.165, 1.54) is 6.20 Å². The molecule has 0 spiro atoms. The fourth-order valence-corrected chi connectivity index (χ4v) is 2.33. The van der Waals surface area contributed by atoms with E-state index < -0.39 is 8.03 Å². The first kappa shape index (κ1) is 12.0. The SMILES string of the molecule is O=[P+](O[O-])C1=CN(CCO)Nc2ccccc21. The fourth-order valence-electron chi connectivity index (χ4n) is 1.62. The topological polar surface area (TPSA) is 84.9 Å². The van der Waals surface area contributed by atoms with Gasteiger partial charge in [-0.25, -0.2) is 0 Å². The first-order valence-corrected chi connectivity index (χ1v) is 6.16. The normalized spacial score (nSPS) is 14.8. The number of hydrazine groups is 1. The zero-order valence-corrected chi connectivity index (χ0v) is 9.76. The largest absolute Gasteiger partial charge is 0.674 e. The van der Waals surface area contributed by atoms with E-state index in [0.29, 0.717) is 17.4 Å². The number of rotatable bonds is 4. The molecule has 0 saturated carbocycles. The number of aliphatic hydroxyl groups excluding tert-OH is 1. The van der Waals surface area contributed by atoms with Gasteiger partial charge in [0.1, 0.15) is 0 Å². The van der Waals surface area contributed by atoms with Gasteiger partial charge in [-0.3, -0.25) is 10.4 Å². The Morgan fingerprint density at radius 2 is 2.24 bits per heavy atom. The quantitative estimate of drug-likeness (QED) is 0.466. The van der Waals surface area contributed by atoms with Crippen LogP contribution < -0.4 is 10.7 Å². The van der Waals surface area contributed by atoms with Gasteiger partial charge in [0, 0.05) is 0 Å². The molecule has 0 aromatic heterocycles. The number of para-hydroxylation sites is 1. The Hall–Kier alpha value is -1.46. The summed E-state index contributed by atoms with van der Waals surface area (Å²) in [4.78, 5) is 0. The van der Waals surface area contributed by atoms with E-state index in [4.69, 9.17) is 5.11 Å². The minimum atomic E-state index is -2.43. The third kappa shape index (κ3) is 2.45. The summed E-state index contributed by atoms with van der Waals surface area (Å²) >= 11 is 0. The lowest BCUT2D eigenvalue weighted by Gasteiger charge is -2.26. The Balaban J connectivity index is 2.39. The van der Waals surface area contributed by atoms with Crippen molar-refractivity contribution in [3.63, 3.8) is 0 Å². The summed E-state index contributed by atoms with van der Waals surface area (Å²) in [6.07, 6.45) is 1.51. The van der Waals surface area contributed by atoms with Crippen LogP contribution in [-0.4, -0.2) is 23.3 Å². The second-order valence-corrected chi connectivity index (χ2v) is 4.57. The van der Waals surface area contributed by atoms with Gasteiger partial charge in [0.15, 0.2) is 0 Å². The number of hydrogen-bond acceptors (Lipinski definition) is 6. The van der Waals surface area contributed by atoms with E-state index in [1.54, 1.807) is 23.2 Å². The van der Waals surface area contributed by atoms with Gasteiger partial charge in [-0.1, -0.05) is 12.1 Å². The Morgan fingerprint density at radius 3 is 2.94 bits per heavy atom. The number of aliphatic hydroxyl groups is 1. The summed E-state index contributed by atoms with van der Waals surface area (Å²) in [5.74, 6) is 0. The van der Waals surface area contributed by atoms with Crippen molar-refractivity contribution in [2.24, 2.45) is 0 Å². The van der Waals surface area contributed by atoms with Crippen molar-refractivity contribution in [2.75, 3.05) is 18.6 Å². The summed E-state index contributed by atoms with van der Waals surface area (Å²) in [6, 6.07) is 7.14. The van der Waals surface area contributed by atoms with Crippen LogP contribution >= 0.6 is 8.03 Å². The van der Waals surface area contributed by atoms with Crippen LogP contribution in [0.4, 0.5) is 5.69 Å². The van der Waals surface area contributed by atoms with Gasteiger partial charge in [0.25, 0.3) is 5.31 Å². The van der Waals surface area contributed by atoms with Gasteiger partial charge in [-0.15, -0.1) is 0 Å². The van der Waals surface area contributed by atoms with E-state index >= 15 is 0 Å². The Kier molecular flexibility index (Phi) is 3.71. The van der Waals surface area contributed by atoms with E-state index in [9.17, 15) is 9.82 Å². The molecule has 1 unspecified atom stereocenters. The molecule has 1 aliphatic rings. The van der Waals surface area contributed by atoms with E-state index in [-0.39, 0.29) is 6.61 Å². The van der Waals surface area contributed by atoms with Crippen LogP contribution in [0.3, 0.4) is 0 Å². The lowest BCUT2D eigenvalue weighted by atomic mass is 10.1. The number of anilines is 1. The fraction of sp³-hybridized carbons (Fsp3) is 0.200. The van der Waals surface area contributed by atoms with E-state index in [0.717, 1.165) is 5.69 Å². The van der Waals surface area contributed by atoms with Crippen LogP contribution in [0.15, 0.2) is 30.5 Å². The predicted octanol–water partition coefficient (Wildman–Crippen LogP) is 0.654. The number of benzene rings is 1. The number of β-amino-alcohol motifs (C(OH)–C–C–N with tert-alkyl or cyclic N) is 1. The highest BCUT2D eigenvalue weighted by atomic mass is 31.1. The maximum atomic E-state index is 11.5. The molecule has 1 aliphatic heterocycles. The number of hydrogen-bond donors (Lipinski definition) is 2. The van der Waals surface area contributed by atoms with Crippen molar-refractivity contribution in [2.45, 2.75) is 0 Å². The molecule has 0 aliphatic carbocycles. The maximum absolute atomic E-state index is 11.5. The lowest BCUT2D eigenvalue weighted by molar-refractivity contribution is -0.634. The average molecular weight is 254 g/mol. The molecule has 0 radical (unpaired) electrons. The van der Waals surface area contributed by atoms with Crippen LogP contribution in [0.25, 0.3) is 5.31 Å². The predicted molar refractivity (Wildman–Crippen MR) is 60.5 cm³/mol. The highest BCUT2D eigenvalue weighted by molar-refractivity contribution is 7.51. The summed E-state index contributed by atoms with van der Waals surface area (Å²) in [5, 5.41) is 21.0. The van der Waals surface area contributed by atoms with E-state index in [2.05, 4.69) is 10.1 Å². The molecule has 7 heteroatoms. The Morgan fingerprint density at radius 1 is 1.47 bits per heavy atom. The van der Waals surface area contributed by atoms with Crippen LogP contribution in [-0.2, 0) is 9.24 Å².